The number of primary amides is 1. The maximum Gasteiger partial charge on any atom is 0.421 e. The predicted molar refractivity (Wildman–Crippen MR) is 116 cm³/mol. The quantitative estimate of drug-likeness (QED) is 0.645. The van der Waals surface area contributed by atoms with Crippen LogP contribution >= 0.6 is 0 Å². The van der Waals surface area contributed by atoms with E-state index in [2.05, 4.69) is 4.90 Å². The van der Waals surface area contributed by atoms with Crippen molar-refractivity contribution in [3.05, 3.63) is 35.4 Å². The topological polar surface area (TPSA) is 86.9 Å². The normalized spacial score (nSPS) is 23.4. The molecule has 9 heteroatoms. The molecule has 3 N–H and O–H groups in total. The second-order valence-corrected chi connectivity index (χ2v) is 10.1. The lowest BCUT2D eigenvalue weighted by Gasteiger charge is -2.45. The van der Waals surface area contributed by atoms with Crippen molar-refractivity contribution in [2.75, 3.05) is 19.6 Å². The lowest BCUT2D eigenvalue weighted by molar-refractivity contribution is -0.258. The van der Waals surface area contributed by atoms with Crippen molar-refractivity contribution in [1.29, 1.82) is 0 Å². The number of hydrogen-bond donors (Lipinski definition) is 2. The van der Waals surface area contributed by atoms with Gasteiger partial charge in [0.25, 0.3) is 5.91 Å². The van der Waals surface area contributed by atoms with Crippen molar-refractivity contribution in [2.45, 2.75) is 75.7 Å². The molecule has 2 aliphatic carbocycles. The summed E-state index contributed by atoms with van der Waals surface area (Å²) in [5.74, 6) is -0.402. The number of alkyl halides is 3. The minimum absolute atomic E-state index is 0.0603. The first-order chi connectivity index (χ1) is 15.4. The second-order valence-electron chi connectivity index (χ2n) is 10.1. The number of nitrogens with zero attached hydrogens (tertiary/aromatic N) is 2. The highest BCUT2D eigenvalue weighted by Crippen LogP contribution is 2.42. The molecule has 1 aromatic rings. The lowest BCUT2D eigenvalue weighted by Crippen LogP contribution is -2.54. The third kappa shape index (κ3) is 4.62. The van der Waals surface area contributed by atoms with E-state index in [0.717, 1.165) is 58.0 Å². The number of carbonyl (C=O) groups excluding carboxylic acids is 2. The number of rotatable bonds is 7. The molecule has 33 heavy (non-hydrogen) atoms. The number of likely N-dealkylation sites (tertiary alicyclic amines) is 1. The van der Waals surface area contributed by atoms with Crippen LogP contribution in [-0.4, -0.2) is 64.6 Å². The molecular weight excluding hydrogens is 435 g/mol. The highest BCUT2D eigenvalue weighted by atomic mass is 19.4. The van der Waals surface area contributed by atoms with E-state index in [9.17, 15) is 27.9 Å². The van der Waals surface area contributed by atoms with Crippen LogP contribution in [0.15, 0.2) is 24.3 Å². The van der Waals surface area contributed by atoms with Crippen LogP contribution in [0.3, 0.4) is 0 Å². The molecule has 1 atom stereocenters. The second kappa shape index (κ2) is 8.58. The maximum absolute atomic E-state index is 13.3. The summed E-state index contributed by atoms with van der Waals surface area (Å²) in [5.41, 5.74) is 2.30. The molecule has 0 spiro atoms. The number of nitrogens with two attached hydrogens (primary N) is 1. The van der Waals surface area contributed by atoms with Crippen molar-refractivity contribution >= 4 is 11.8 Å². The highest BCUT2D eigenvalue weighted by Gasteiger charge is 2.51. The smallest absolute Gasteiger partial charge is 0.376 e. The van der Waals surface area contributed by atoms with E-state index >= 15 is 0 Å². The zero-order chi connectivity index (χ0) is 24.0. The van der Waals surface area contributed by atoms with Crippen molar-refractivity contribution < 1.29 is 27.9 Å². The van der Waals surface area contributed by atoms with E-state index in [4.69, 9.17) is 5.73 Å². The van der Waals surface area contributed by atoms with Crippen LogP contribution in [-0.2, 0) is 10.4 Å². The molecule has 1 saturated heterocycles. The van der Waals surface area contributed by atoms with Gasteiger partial charge in [-0.05, 0) is 63.1 Å². The summed E-state index contributed by atoms with van der Waals surface area (Å²) in [6.07, 6.45) is 1.34. The Morgan fingerprint density at radius 2 is 1.64 bits per heavy atom. The molecule has 0 radical (unpaired) electrons. The monoisotopic (exact) mass is 467 g/mol. The van der Waals surface area contributed by atoms with Gasteiger partial charge < -0.3 is 20.6 Å². The summed E-state index contributed by atoms with van der Waals surface area (Å²) < 4.78 is 39.3. The molecule has 4 rings (SSSR count). The number of halogens is 3. The first kappa shape index (κ1) is 24.0. The maximum atomic E-state index is 13.3. The van der Waals surface area contributed by atoms with Gasteiger partial charge >= 0.3 is 6.18 Å². The minimum Gasteiger partial charge on any atom is -0.376 e. The summed E-state index contributed by atoms with van der Waals surface area (Å²) in [7, 11) is 0. The Hall–Kier alpha value is -2.13. The Morgan fingerprint density at radius 1 is 1.09 bits per heavy atom. The molecule has 2 amide bonds. The highest BCUT2D eigenvalue weighted by molar-refractivity contribution is 5.95. The first-order valence-electron chi connectivity index (χ1n) is 11.7. The fourth-order valence-corrected chi connectivity index (χ4v) is 5.10. The van der Waals surface area contributed by atoms with E-state index < -0.39 is 17.2 Å². The summed E-state index contributed by atoms with van der Waals surface area (Å²) in [6, 6.07) is 5.32. The van der Waals surface area contributed by atoms with E-state index in [1.807, 2.05) is 4.90 Å². The van der Waals surface area contributed by atoms with Crippen LogP contribution in [0.5, 0.6) is 0 Å². The van der Waals surface area contributed by atoms with Gasteiger partial charge in [0.05, 0.1) is 5.41 Å². The Morgan fingerprint density at radius 3 is 2.06 bits per heavy atom. The molecule has 1 aliphatic heterocycles. The van der Waals surface area contributed by atoms with E-state index in [1.165, 1.54) is 24.3 Å². The molecule has 1 heterocycles. The predicted octanol–water partition coefficient (Wildman–Crippen LogP) is 3.18. The van der Waals surface area contributed by atoms with Gasteiger partial charge in [0, 0.05) is 37.3 Å². The van der Waals surface area contributed by atoms with Crippen LogP contribution in [0.4, 0.5) is 13.2 Å². The molecule has 0 bridgehead atoms. The van der Waals surface area contributed by atoms with Crippen LogP contribution < -0.4 is 5.73 Å². The largest absolute Gasteiger partial charge is 0.421 e. The van der Waals surface area contributed by atoms with Gasteiger partial charge in [-0.2, -0.15) is 13.2 Å². The molecule has 0 aromatic heterocycles. The number of carbonyl (C=O) groups is 2. The fraction of sp³-hybridized carbons (Fsp3) is 0.667. The Bertz CT molecular complexity index is 884. The average molecular weight is 468 g/mol. The van der Waals surface area contributed by atoms with Gasteiger partial charge in [0.2, 0.25) is 5.91 Å². The van der Waals surface area contributed by atoms with Crippen LogP contribution in [0, 0.1) is 5.41 Å². The first-order valence-corrected chi connectivity index (χ1v) is 11.7. The number of hydrogen-bond acceptors (Lipinski definition) is 4. The zero-order valence-electron chi connectivity index (χ0n) is 18.9. The molecule has 6 nitrogen and oxygen atoms in total. The van der Waals surface area contributed by atoms with E-state index in [1.54, 1.807) is 0 Å². The van der Waals surface area contributed by atoms with Crippen molar-refractivity contribution in [1.82, 2.24) is 9.80 Å². The third-order valence-electron chi connectivity index (χ3n) is 7.73. The zero-order valence-corrected chi connectivity index (χ0v) is 18.9. The van der Waals surface area contributed by atoms with E-state index in [-0.39, 0.29) is 29.5 Å². The summed E-state index contributed by atoms with van der Waals surface area (Å²) in [4.78, 5) is 29.4. The third-order valence-corrected chi connectivity index (χ3v) is 7.73. The van der Waals surface area contributed by atoms with Crippen LogP contribution in [0.2, 0.25) is 0 Å². The molecule has 3 aliphatic rings. The Kier molecular flexibility index (Phi) is 6.24. The van der Waals surface area contributed by atoms with Crippen LogP contribution in [0.25, 0.3) is 0 Å². The van der Waals surface area contributed by atoms with Gasteiger partial charge in [-0.3, -0.25) is 9.59 Å². The van der Waals surface area contributed by atoms with Gasteiger partial charge in [-0.25, -0.2) is 0 Å². The van der Waals surface area contributed by atoms with Crippen molar-refractivity contribution in [3.63, 3.8) is 0 Å². The van der Waals surface area contributed by atoms with Crippen LogP contribution in [0.1, 0.15) is 67.8 Å². The lowest BCUT2D eigenvalue weighted by atomic mass is 9.67. The molecule has 2 saturated carbocycles. The number of benzene rings is 1. The fourth-order valence-electron chi connectivity index (χ4n) is 5.10. The van der Waals surface area contributed by atoms with Gasteiger partial charge in [-0.1, -0.05) is 18.6 Å². The summed E-state index contributed by atoms with van der Waals surface area (Å²) in [6.45, 7) is 2.94. The van der Waals surface area contributed by atoms with Gasteiger partial charge in [0.15, 0.2) is 5.60 Å². The average Bonchev–Trinajstić information content (AvgIpc) is 3.56. The standard InChI is InChI=1S/C24H32F3N3O3/c1-22(33,24(25,26)27)17-5-3-16(4-6-17)20(31)30(18-7-8-18)19-9-13-29(14-10-19)15-23(21(28)32)11-2-12-23/h3-6,18-19,33H,2,7-15H2,1H3,(H2,28,32)/t22-/m0/s1. The summed E-state index contributed by atoms with van der Waals surface area (Å²) >= 11 is 0. The molecular formula is C24H32F3N3O3. The molecule has 182 valence electrons. The van der Waals surface area contributed by atoms with Crippen molar-refractivity contribution in [3.8, 4) is 0 Å². The molecule has 0 unspecified atom stereocenters. The van der Waals surface area contributed by atoms with Gasteiger partial charge in [0.1, 0.15) is 0 Å². The number of aliphatic hydroxyl groups is 1. The number of piperidine rings is 1. The Balaban J connectivity index is 1.41. The minimum atomic E-state index is -4.81. The van der Waals surface area contributed by atoms with Gasteiger partial charge in [-0.15, -0.1) is 0 Å². The Labute approximate surface area is 191 Å². The SMILES string of the molecule is C[C@](O)(c1ccc(C(=O)N(C2CC2)C2CCN(CC3(C(N)=O)CCC3)CC2)cc1)C(F)(F)F. The molecule has 3 fully saturated rings. The van der Waals surface area contributed by atoms with E-state index in [0.29, 0.717) is 19.0 Å². The van der Waals surface area contributed by atoms with Crippen molar-refractivity contribution in [2.24, 2.45) is 11.1 Å². The summed E-state index contributed by atoms with van der Waals surface area (Å²) in [5, 5.41) is 9.87. The number of amides is 2. The molecule has 1 aromatic carbocycles.